The van der Waals surface area contributed by atoms with E-state index < -0.39 is 23.7 Å². The molecule has 7 heteroatoms. The molecule has 1 N–H and O–H groups in total. The van der Waals surface area contributed by atoms with Crippen LogP contribution in [0.3, 0.4) is 0 Å². The highest BCUT2D eigenvalue weighted by Gasteiger charge is 2.24. The number of ether oxygens (including phenoxy) is 2. The summed E-state index contributed by atoms with van der Waals surface area (Å²) in [5, 5.41) is 4.06. The van der Waals surface area contributed by atoms with Gasteiger partial charge in [0.1, 0.15) is 22.8 Å². The monoisotopic (exact) mass is 299 g/mol. The molecule has 0 saturated carbocycles. The lowest BCUT2D eigenvalue weighted by molar-refractivity contribution is -0.109. The number of alkyl carbamates (subject to hydrolysis) is 1. The standard InChI is InChI=1S/C13H17NO5S/c1-13(2,3)19-12(17)14-9(7-15)8-5-6-20-10(8)11(16)18-4/h5-7,9H,1-4H3,(H,14,17). The molecule has 6 nitrogen and oxygen atoms in total. The zero-order chi connectivity index (χ0) is 15.3. The van der Waals surface area contributed by atoms with E-state index in [2.05, 4.69) is 10.1 Å². The third-order valence-electron chi connectivity index (χ3n) is 2.21. The number of amides is 1. The Kier molecular flexibility index (Phi) is 5.26. The summed E-state index contributed by atoms with van der Waals surface area (Å²) in [5.74, 6) is -0.548. The summed E-state index contributed by atoms with van der Waals surface area (Å²) >= 11 is 1.14. The van der Waals surface area contributed by atoms with Crippen molar-refractivity contribution in [1.82, 2.24) is 5.32 Å². The first kappa shape index (κ1) is 16.2. The first-order chi connectivity index (χ1) is 9.28. The molecule has 1 amide bonds. The summed E-state index contributed by atoms with van der Waals surface area (Å²) in [5.41, 5.74) is -0.278. The number of carbonyl (C=O) groups is 3. The maximum absolute atomic E-state index is 11.7. The quantitative estimate of drug-likeness (QED) is 0.681. The maximum Gasteiger partial charge on any atom is 0.408 e. The Labute approximate surface area is 121 Å². The van der Waals surface area contributed by atoms with Crippen LogP contribution in [0.2, 0.25) is 0 Å². The van der Waals surface area contributed by atoms with Crippen molar-refractivity contribution in [3.8, 4) is 0 Å². The number of rotatable bonds is 4. The maximum atomic E-state index is 11.7. The summed E-state index contributed by atoms with van der Waals surface area (Å²) in [7, 11) is 1.25. The number of carbonyl (C=O) groups excluding carboxylic acids is 3. The van der Waals surface area contributed by atoms with Crippen LogP contribution < -0.4 is 5.32 Å². The van der Waals surface area contributed by atoms with Gasteiger partial charge in [-0.1, -0.05) is 0 Å². The molecule has 1 heterocycles. The molecule has 20 heavy (non-hydrogen) atoms. The second-order valence-electron chi connectivity index (χ2n) is 4.96. The molecule has 1 rings (SSSR count). The number of aldehydes is 1. The van der Waals surface area contributed by atoms with Gasteiger partial charge in [0, 0.05) is 5.56 Å². The Bertz CT molecular complexity index is 503. The number of hydrogen-bond acceptors (Lipinski definition) is 6. The fraction of sp³-hybridized carbons (Fsp3) is 0.462. The molecular weight excluding hydrogens is 282 g/mol. The van der Waals surface area contributed by atoms with Crippen molar-refractivity contribution in [2.45, 2.75) is 32.4 Å². The van der Waals surface area contributed by atoms with Crippen LogP contribution in [0.1, 0.15) is 42.0 Å². The largest absolute Gasteiger partial charge is 0.465 e. The van der Waals surface area contributed by atoms with Crippen molar-refractivity contribution in [3.63, 3.8) is 0 Å². The van der Waals surface area contributed by atoms with E-state index in [4.69, 9.17) is 4.74 Å². The van der Waals surface area contributed by atoms with E-state index in [1.165, 1.54) is 7.11 Å². The van der Waals surface area contributed by atoms with Gasteiger partial charge in [0.05, 0.1) is 7.11 Å². The molecule has 110 valence electrons. The smallest absolute Gasteiger partial charge is 0.408 e. The zero-order valence-electron chi connectivity index (χ0n) is 11.8. The molecule has 0 aromatic carbocycles. The third-order valence-corrected chi connectivity index (χ3v) is 3.12. The minimum atomic E-state index is -0.954. The predicted octanol–water partition coefficient (Wildman–Crippen LogP) is 2.30. The van der Waals surface area contributed by atoms with Gasteiger partial charge in [0.2, 0.25) is 0 Å². The van der Waals surface area contributed by atoms with Crippen LogP contribution in [0, 0.1) is 0 Å². The summed E-state index contributed by atoms with van der Waals surface area (Å²) < 4.78 is 9.70. The van der Waals surface area contributed by atoms with Crippen LogP contribution in [0.15, 0.2) is 11.4 Å². The number of methoxy groups -OCH3 is 1. The van der Waals surface area contributed by atoms with Gasteiger partial charge in [-0.2, -0.15) is 0 Å². The van der Waals surface area contributed by atoms with Crippen molar-refractivity contribution in [1.29, 1.82) is 0 Å². The first-order valence-electron chi connectivity index (χ1n) is 5.89. The molecule has 1 aromatic rings. The predicted molar refractivity (Wildman–Crippen MR) is 73.8 cm³/mol. The molecule has 0 aliphatic heterocycles. The van der Waals surface area contributed by atoms with Crippen molar-refractivity contribution >= 4 is 29.7 Å². The Balaban J connectivity index is 2.87. The lowest BCUT2D eigenvalue weighted by Gasteiger charge is -2.21. The Morgan fingerprint density at radius 3 is 2.55 bits per heavy atom. The number of hydrogen-bond donors (Lipinski definition) is 1. The highest BCUT2D eigenvalue weighted by atomic mass is 32.1. The lowest BCUT2D eigenvalue weighted by atomic mass is 10.1. The molecule has 0 saturated heterocycles. The molecule has 0 aliphatic rings. The van der Waals surface area contributed by atoms with Gasteiger partial charge in [-0.3, -0.25) is 0 Å². The van der Waals surface area contributed by atoms with E-state index in [1.807, 2.05) is 0 Å². The summed E-state index contributed by atoms with van der Waals surface area (Å²) in [6.07, 6.45) is -0.185. The normalized spacial score (nSPS) is 12.4. The molecule has 0 bridgehead atoms. The average molecular weight is 299 g/mol. The summed E-state index contributed by atoms with van der Waals surface area (Å²) in [6.45, 7) is 5.15. The molecule has 0 aliphatic carbocycles. The van der Waals surface area contributed by atoms with Crippen LogP contribution in [0.5, 0.6) is 0 Å². The van der Waals surface area contributed by atoms with Gasteiger partial charge in [0.15, 0.2) is 0 Å². The number of nitrogens with one attached hydrogen (secondary N) is 1. The zero-order valence-corrected chi connectivity index (χ0v) is 12.6. The molecule has 1 atom stereocenters. The highest BCUT2D eigenvalue weighted by molar-refractivity contribution is 7.12. The molecule has 0 fully saturated rings. The van der Waals surface area contributed by atoms with Crippen molar-refractivity contribution in [2.24, 2.45) is 0 Å². The van der Waals surface area contributed by atoms with Gasteiger partial charge in [0.25, 0.3) is 0 Å². The first-order valence-corrected chi connectivity index (χ1v) is 6.77. The van der Waals surface area contributed by atoms with Crippen molar-refractivity contribution in [3.05, 3.63) is 21.9 Å². The topological polar surface area (TPSA) is 81.7 Å². The van der Waals surface area contributed by atoms with Crippen LogP contribution in [-0.2, 0) is 14.3 Å². The molecule has 1 unspecified atom stereocenters. The van der Waals surface area contributed by atoms with Crippen LogP contribution in [0.25, 0.3) is 0 Å². The van der Waals surface area contributed by atoms with E-state index >= 15 is 0 Å². The van der Waals surface area contributed by atoms with Gasteiger partial charge in [-0.15, -0.1) is 11.3 Å². The van der Waals surface area contributed by atoms with E-state index in [0.29, 0.717) is 11.8 Å². The SMILES string of the molecule is COC(=O)c1sccc1C(C=O)NC(=O)OC(C)(C)C. The minimum Gasteiger partial charge on any atom is -0.465 e. The van der Waals surface area contributed by atoms with E-state index in [-0.39, 0.29) is 4.88 Å². The van der Waals surface area contributed by atoms with Gasteiger partial charge < -0.3 is 19.6 Å². The van der Waals surface area contributed by atoms with Crippen molar-refractivity contribution < 1.29 is 23.9 Å². The highest BCUT2D eigenvalue weighted by Crippen LogP contribution is 2.23. The summed E-state index contributed by atoms with van der Waals surface area (Å²) in [6, 6.07) is 0.637. The van der Waals surface area contributed by atoms with Gasteiger partial charge >= 0.3 is 12.1 Å². The molecule has 1 aromatic heterocycles. The fourth-order valence-electron chi connectivity index (χ4n) is 1.44. The third kappa shape index (κ3) is 4.34. The molecular formula is C13H17NO5S. The second-order valence-corrected chi connectivity index (χ2v) is 5.87. The average Bonchev–Trinajstić information content (AvgIpc) is 2.81. The fourth-order valence-corrected chi connectivity index (χ4v) is 2.30. The van der Waals surface area contributed by atoms with Gasteiger partial charge in [-0.05, 0) is 32.2 Å². The van der Waals surface area contributed by atoms with E-state index in [0.717, 1.165) is 11.3 Å². The Morgan fingerprint density at radius 2 is 2.05 bits per heavy atom. The van der Waals surface area contributed by atoms with Crippen molar-refractivity contribution in [2.75, 3.05) is 7.11 Å². The Hall–Kier alpha value is -1.89. The van der Waals surface area contributed by atoms with E-state index in [9.17, 15) is 14.4 Å². The van der Waals surface area contributed by atoms with Crippen LogP contribution >= 0.6 is 11.3 Å². The molecule has 0 spiro atoms. The lowest BCUT2D eigenvalue weighted by Crippen LogP contribution is -2.35. The number of thiophene rings is 1. The second kappa shape index (κ2) is 6.51. The van der Waals surface area contributed by atoms with Crippen LogP contribution in [-0.4, -0.2) is 31.1 Å². The minimum absolute atomic E-state index is 0.278. The Morgan fingerprint density at radius 1 is 1.40 bits per heavy atom. The van der Waals surface area contributed by atoms with E-state index in [1.54, 1.807) is 32.2 Å². The van der Waals surface area contributed by atoms with Crippen LogP contribution in [0.4, 0.5) is 4.79 Å². The molecule has 0 radical (unpaired) electrons. The number of esters is 1. The summed E-state index contributed by atoms with van der Waals surface area (Å²) in [4.78, 5) is 34.7. The van der Waals surface area contributed by atoms with Gasteiger partial charge in [-0.25, -0.2) is 9.59 Å².